The molecule has 3 rings (SSSR count). The number of amides is 1. The van der Waals surface area contributed by atoms with Gasteiger partial charge in [-0.15, -0.1) is 10.2 Å². The van der Waals surface area contributed by atoms with Crippen molar-refractivity contribution in [3.05, 3.63) is 12.2 Å². The maximum absolute atomic E-state index is 12.4. The van der Waals surface area contributed by atoms with E-state index in [1.807, 2.05) is 16.5 Å². The summed E-state index contributed by atoms with van der Waals surface area (Å²) in [5.41, 5.74) is 0. The van der Waals surface area contributed by atoms with Crippen molar-refractivity contribution in [3.63, 3.8) is 0 Å². The number of nitrogens with one attached hydrogen (secondary N) is 1. The van der Waals surface area contributed by atoms with Gasteiger partial charge in [-0.3, -0.25) is 4.79 Å². The van der Waals surface area contributed by atoms with Crippen LogP contribution in [0, 0.1) is 0 Å². The molecule has 0 aromatic carbocycles. The molecule has 1 aliphatic carbocycles. The Balaban J connectivity index is 1.54. The topological polar surface area (TPSA) is 63.1 Å². The second-order valence-electron chi connectivity index (χ2n) is 5.57. The summed E-state index contributed by atoms with van der Waals surface area (Å²) in [5, 5.41) is 11.4. The summed E-state index contributed by atoms with van der Waals surface area (Å²) in [6, 6.07) is 0.633. The second kappa shape index (κ2) is 5.28. The molecule has 19 heavy (non-hydrogen) atoms. The maximum atomic E-state index is 12.4. The lowest BCUT2D eigenvalue weighted by Crippen LogP contribution is -2.51. The summed E-state index contributed by atoms with van der Waals surface area (Å²) in [6.45, 7) is 1.62. The quantitative estimate of drug-likeness (QED) is 0.818. The van der Waals surface area contributed by atoms with E-state index in [0.29, 0.717) is 6.04 Å². The Labute approximate surface area is 113 Å². The van der Waals surface area contributed by atoms with Gasteiger partial charge in [0, 0.05) is 32.6 Å². The van der Waals surface area contributed by atoms with Gasteiger partial charge in [0.15, 0.2) is 0 Å². The SMILES string of the molecule is Cn1cnnc1CCN1CCCC(NC2CC2)C1=O. The van der Waals surface area contributed by atoms with Crippen LogP contribution in [0.15, 0.2) is 6.33 Å². The smallest absolute Gasteiger partial charge is 0.239 e. The highest BCUT2D eigenvalue weighted by Gasteiger charge is 2.33. The Morgan fingerprint density at radius 3 is 2.95 bits per heavy atom. The van der Waals surface area contributed by atoms with Gasteiger partial charge in [0.1, 0.15) is 12.2 Å². The zero-order valence-corrected chi connectivity index (χ0v) is 11.4. The molecule has 1 N–H and O–H groups in total. The predicted octanol–water partition coefficient (Wildman–Crippen LogP) is 0.101. The molecule has 2 heterocycles. The van der Waals surface area contributed by atoms with Gasteiger partial charge in [0.2, 0.25) is 5.91 Å². The highest BCUT2D eigenvalue weighted by atomic mass is 16.2. The zero-order chi connectivity index (χ0) is 13.2. The van der Waals surface area contributed by atoms with Crippen LogP contribution in [0.25, 0.3) is 0 Å². The van der Waals surface area contributed by atoms with Gasteiger partial charge in [-0.2, -0.15) is 0 Å². The third-order valence-corrected chi connectivity index (χ3v) is 3.96. The number of aromatic nitrogens is 3. The van der Waals surface area contributed by atoms with Crippen molar-refractivity contribution in [3.8, 4) is 0 Å². The second-order valence-corrected chi connectivity index (χ2v) is 5.57. The van der Waals surface area contributed by atoms with Crippen LogP contribution in [0.4, 0.5) is 0 Å². The van der Waals surface area contributed by atoms with E-state index in [1.165, 1.54) is 12.8 Å². The molecule has 1 saturated carbocycles. The molecule has 6 nitrogen and oxygen atoms in total. The number of carbonyl (C=O) groups excluding carboxylic acids is 1. The van der Waals surface area contributed by atoms with E-state index < -0.39 is 0 Å². The lowest BCUT2D eigenvalue weighted by molar-refractivity contribution is -0.136. The Bertz CT molecular complexity index is 454. The van der Waals surface area contributed by atoms with Gasteiger partial charge in [-0.05, 0) is 25.7 Å². The van der Waals surface area contributed by atoms with E-state index in [0.717, 1.165) is 38.2 Å². The van der Waals surface area contributed by atoms with Crippen LogP contribution >= 0.6 is 0 Å². The number of piperidine rings is 1. The molecular weight excluding hydrogens is 242 g/mol. The third kappa shape index (κ3) is 2.94. The molecule has 1 atom stereocenters. The minimum absolute atomic E-state index is 0.0424. The highest BCUT2D eigenvalue weighted by Crippen LogP contribution is 2.22. The number of nitrogens with zero attached hydrogens (tertiary/aromatic N) is 4. The van der Waals surface area contributed by atoms with Gasteiger partial charge in [-0.25, -0.2) is 0 Å². The Morgan fingerprint density at radius 2 is 2.26 bits per heavy atom. The molecule has 2 fully saturated rings. The van der Waals surface area contributed by atoms with Crippen LogP contribution in [0.2, 0.25) is 0 Å². The van der Waals surface area contributed by atoms with Crippen molar-refractivity contribution in [2.45, 2.75) is 44.2 Å². The van der Waals surface area contributed by atoms with Crippen molar-refractivity contribution < 1.29 is 4.79 Å². The van der Waals surface area contributed by atoms with Crippen LogP contribution in [0.3, 0.4) is 0 Å². The lowest BCUT2D eigenvalue weighted by atomic mass is 10.0. The van der Waals surface area contributed by atoms with E-state index in [1.54, 1.807) is 6.33 Å². The lowest BCUT2D eigenvalue weighted by Gasteiger charge is -2.32. The summed E-state index contributed by atoms with van der Waals surface area (Å²) < 4.78 is 1.91. The van der Waals surface area contributed by atoms with Crippen LogP contribution in [-0.2, 0) is 18.3 Å². The molecule has 1 aliphatic heterocycles. The van der Waals surface area contributed by atoms with Crippen molar-refractivity contribution in [1.29, 1.82) is 0 Å². The first-order valence-electron chi connectivity index (χ1n) is 7.12. The highest BCUT2D eigenvalue weighted by molar-refractivity contribution is 5.82. The number of carbonyl (C=O) groups is 1. The molecular formula is C13H21N5O. The number of likely N-dealkylation sites (tertiary alicyclic amines) is 1. The number of aryl methyl sites for hydroxylation is 1. The third-order valence-electron chi connectivity index (χ3n) is 3.96. The first-order valence-corrected chi connectivity index (χ1v) is 7.12. The fourth-order valence-corrected chi connectivity index (χ4v) is 2.62. The molecule has 6 heteroatoms. The molecule has 1 aromatic rings. The molecule has 0 bridgehead atoms. The van der Waals surface area contributed by atoms with E-state index >= 15 is 0 Å². The fraction of sp³-hybridized carbons (Fsp3) is 0.769. The maximum Gasteiger partial charge on any atom is 0.239 e. The minimum Gasteiger partial charge on any atom is -0.341 e. The van der Waals surface area contributed by atoms with E-state index in [2.05, 4.69) is 15.5 Å². The standard InChI is InChI=1S/C13H21N5O/c1-17-9-14-16-12(17)6-8-18-7-2-3-11(13(18)19)15-10-4-5-10/h9-11,15H,2-8H2,1H3. The van der Waals surface area contributed by atoms with Gasteiger partial charge in [-0.1, -0.05) is 0 Å². The average Bonchev–Trinajstić information content (AvgIpc) is 3.12. The van der Waals surface area contributed by atoms with Crippen molar-refractivity contribution in [1.82, 2.24) is 25.0 Å². The predicted molar refractivity (Wildman–Crippen MR) is 70.5 cm³/mol. The molecule has 2 aliphatic rings. The molecule has 0 spiro atoms. The van der Waals surface area contributed by atoms with E-state index in [9.17, 15) is 4.79 Å². The Kier molecular flexibility index (Phi) is 3.50. The summed E-state index contributed by atoms with van der Waals surface area (Å²) in [5.74, 6) is 1.20. The van der Waals surface area contributed by atoms with Gasteiger partial charge in [0.25, 0.3) is 0 Å². The molecule has 0 radical (unpaired) electrons. The molecule has 1 saturated heterocycles. The molecule has 104 valence electrons. The van der Waals surface area contributed by atoms with Crippen molar-refractivity contribution >= 4 is 5.91 Å². The fourth-order valence-electron chi connectivity index (χ4n) is 2.62. The number of rotatable bonds is 5. The zero-order valence-electron chi connectivity index (χ0n) is 11.4. The van der Waals surface area contributed by atoms with Crippen LogP contribution < -0.4 is 5.32 Å². The summed E-state index contributed by atoms with van der Waals surface area (Å²) in [6.07, 6.45) is 7.00. The van der Waals surface area contributed by atoms with Crippen LogP contribution in [-0.4, -0.2) is 50.7 Å². The first kappa shape index (κ1) is 12.6. The van der Waals surface area contributed by atoms with Crippen molar-refractivity contribution in [2.24, 2.45) is 7.05 Å². The van der Waals surface area contributed by atoms with E-state index in [-0.39, 0.29) is 11.9 Å². The largest absolute Gasteiger partial charge is 0.341 e. The molecule has 1 amide bonds. The summed E-state index contributed by atoms with van der Waals surface area (Å²) in [4.78, 5) is 14.3. The Hall–Kier alpha value is -1.43. The molecule has 1 unspecified atom stereocenters. The number of hydrogen-bond acceptors (Lipinski definition) is 4. The number of hydrogen-bond donors (Lipinski definition) is 1. The van der Waals surface area contributed by atoms with Crippen molar-refractivity contribution in [2.75, 3.05) is 13.1 Å². The van der Waals surface area contributed by atoms with Gasteiger partial charge < -0.3 is 14.8 Å². The van der Waals surface area contributed by atoms with Gasteiger partial charge >= 0.3 is 0 Å². The summed E-state index contributed by atoms with van der Waals surface area (Å²) >= 11 is 0. The summed E-state index contributed by atoms with van der Waals surface area (Å²) in [7, 11) is 1.94. The average molecular weight is 263 g/mol. The van der Waals surface area contributed by atoms with Gasteiger partial charge in [0.05, 0.1) is 6.04 Å². The minimum atomic E-state index is 0.0424. The first-order chi connectivity index (χ1) is 9.24. The van der Waals surface area contributed by atoms with Crippen LogP contribution in [0.1, 0.15) is 31.5 Å². The molecule has 1 aromatic heterocycles. The van der Waals surface area contributed by atoms with E-state index in [4.69, 9.17) is 0 Å². The normalized spacial score (nSPS) is 23.9. The van der Waals surface area contributed by atoms with Crippen LogP contribution in [0.5, 0.6) is 0 Å². The monoisotopic (exact) mass is 263 g/mol. The Morgan fingerprint density at radius 1 is 1.42 bits per heavy atom.